The Bertz CT molecular complexity index is 749. The smallest absolute Gasteiger partial charge is 0.274 e. The molecule has 0 unspecified atom stereocenters. The molecule has 1 fully saturated rings. The van der Waals surface area contributed by atoms with Crippen molar-refractivity contribution in [3.8, 4) is 0 Å². The van der Waals surface area contributed by atoms with Gasteiger partial charge in [-0.1, -0.05) is 13.0 Å². The van der Waals surface area contributed by atoms with Crippen LogP contribution in [0.4, 0.5) is 15.8 Å². The Balaban J connectivity index is 1.78. The van der Waals surface area contributed by atoms with Gasteiger partial charge < -0.3 is 10.6 Å². The van der Waals surface area contributed by atoms with E-state index in [1.54, 1.807) is 18.2 Å². The summed E-state index contributed by atoms with van der Waals surface area (Å²) in [5, 5.41) is 5.33. The molecular weight excluding hydrogens is 297 g/mol. The molecule has 118 valence electrons. The number of amides is 2. The molecular formula is C17H16FN3O2. The van der Waals surface area contributed by atoms with E-state index in [2.05, 4.69) is 15.6 Å². The standard InChI is InChI=1S/C17H16FN3O2/c1-10-8-12(10)16(22)21-15-9-11(18)5-6-13(15)20-17(23)14-4-2-3-7-19-14/h2-7,9-10,12H,8H2,1H3,(H,20,23)(H,21,22)/t10-,12+/m1/s1. The molecule has 6 heteroatoms. The first-order chi connectivity index (χ1) is 11.0. The fraction of sp³-hybridized carbons (Fsp3) is 0.235. The number of aromatic nitrogens is 1. The molecule has 1 aromatic heterocycles. The maximum Gasteiger partial charge on any atom is 0.274 e. The number of carbonyl (C=O) groups excluding carboxylic acids is 2. The molecule has 5 nitrogen and oxygen atoms in total. The highest BCUT2D eigenvalue weighted by Crippen LogP contribution is 2.39. The Labute approximate surface area is 132 Å². The molecule has 0 aliphatic heterocycles. The summed E-state index contributed by atoms with van der Waals surface area (Å²) in [4.78, 5) is 28.2. The molecule has 0 radical (unpaired) electrons. The molecule has 2 atom stereocenters. The van der Waals surface area contributed by atoms with Crippen LogP contribution in [0.2, 0.25) is 0 Å². The molecule has 2 amide bonds. The van der Waals surface area contributed by atoms with Gasteiger partial charge in [-0.05, 0) is 42.7 Å². The zero-order valence-corrected chi connectivity index (χ0v) is 12.5. The SMILES string of the molecule is C[C@@H]1C[C@@H]1C(=O)Nc1cc(F)ccc1NC(=O)c1ccccn1. The highest BCUT2D eigenvalue weighted by Gasteiger charge is 2.39. The molecule has 1 aromatic carbocycles. The predicted molar refractivity (Wildman–Crippen MR) is 84.5 cm³/mol. The van der Waals surface area contributed by atoms with E-state index in [-0.39, 0.29) is 23.2 Å². The lowest BCUT2D eigenvalue weighted by Crippen LogP contribution is -2.18. The Hall–Kier alpha value is -2.76. The molecule has 3 rings (SSSR count). The number of hydrogen-bond acceptors (Lipinski definition) is 3. The highest BCUT2D eigenvalue weighted by atomic mass is 19.1. The summed E-state index contributed by atoms with van der Waals surface area (Å²) in [5.74, 6) is -0.767. The van der Waals surface area contributed by atoms with Crippen LogP contribution >= 0.6 is 0 Å². The topological polar surface area (TPSA) is 71.1 Å². The average molecular weight is 313 g/mol. The molecule has 1 aliphatic carbocycles. The van der Waals surface area contributed by atoms with Gasteiger partial charge in [0.25, 0.3) is 5.91 Å². The average Bonchev–Trinajstić information content (AvgIpc) is 3.28. The van der Waals surface area contributed by atoms with Crippen LogP contribution in [0, 0.1) is 17.7 Å². The van der Waals surface area contributed by atoms with E-state index < -0.39 is 11.7 Å². The molecule has 0 saturated heterocycles. The summed E-state index contributed by atoms with van der Waals surface area (Å²) in [6.45, 7) is 1.99. The maximum atomic E-state index is 13.5. The maximum absolute atomic E-state index is 13.5. The predicted octanol–water partition coefficient (Wildman–Crippen LogP) is 3.07. The van der Waals surface area contributed by atoms with Gasteiger partial charge in [0.2, 0.25) is 5.91 Å². The van der Waals surface area contributed by atoms with Crippen molar-refractivity contribution in [3.63, 3.8) is 0 Å². The van der Waals surface area contributed by atoms with Gasteiger partial charge in [-0.15, -0.1) is 0 Å². The lowest BCUT2D eigenvalue weighted by Gasteiger charge is -2.12. The second-order valence-electron chi connectivity index (χ2n) is 5.67. The van der Waals surface area contributed by atoms with E-state index >= 15 is 0 Å². The van der Waals surface area contributed by atoms with Crippen molar-refractivity contribution >= 4 is 23.2 Å². The van der Waals surface area contributed by atoms with Crippen LogP contribution in [0.1, 0.15) is 23.8 Å². The number of nitrogens with one attached hydrogen (secondary N) is 2. The van der Waals surface area contributed by atoms with Gasteiger partial charge >= 0.3 is 0 Å². The zero-order valence-electron chi connectivity index (χ0n) is 12.5. The van der Waals surface area contributed by atoms with Gasteiger partial charge in [0.05, 0.1) is 11.4 Å². The van der Waals surface area contributed by atoms with Crippen LogP contribution < -0.4 is 10.6 Å². The van der Waals surface area contributed by atoms with Gasteiger partial charge in [0, 0.05) is 12.1 Å². The first-order valence-electron chi connectivity index (χ1n) is 7.37. The van der Waals surface area contributed by atoms with Gasteiger partial charge in [-0.2, -0.15) is 0 Å². The third-order valence-corrected chi connectivity index (χ3v) is 3.83. The normalized spacial score (nSPS) is 19.0. The van der Waals surface area contributed by atoms with Crippen LogP contribution in [0.25, 0.3) is 0 Å². The summed E-state index contributed by atoms with van der Waals surface area (Å²) in [6, 6.07) is 8.81. The summed E-state index contributed by atoms with van der Waals surface area (Å²) in [6.07, 6.45) is 2.34. The monoisotopic (exact) mass is 313 g/mol. The summed E-state index contributed by atoms with van der Waals surface area (Å²) in [7, 11) is 0. The first-order valence-corrected chi connectivity index (χ1v) is 7.37. The quantitative estimate of drug-likeness (QED) is 0.911. The van der Waals surface area contributed by atoms with E-state index in [0.29, 0.717) is 11.6 Å². The lowest BCUT2D eigenvalue weighted by atomic mass is 10.2. The van der Waals surface area contributed by atoms with Crippen molar-refractivity contribution in [1.82, 2.24) is 4.98 Å². The van der Waals surface area contributed by atoms with Crippen LogP contribution in [0.5, 0.6) is 0 Å². The van der Waals surface area contributed by atoms with Crippen molar-refractivity contribution in [2.75, 3.05) is 10.6 Å². The fourth-order valence-corrected chi connectivity index (χ4v) is 2.33. The second kappa shape index (κ2) is 6.16. The van der Waals surface area contributed by atoms with Crippen LogP contribution in [0.3, 0.4) is 0 Å². The van der Waals surface area contributed by atoms with E-state index in [1.807, 2.05) is 6.92 Å². The molecule has 23 heavy (non-hydrogen) atoms. The first kappa shape index (κ1) is 15.1. The van der Waals surface area contributed by atoms with Crippen molar-refractivity contribution < 1.29 is 14.0 Å². The minimum Gasteiger partial charge on any atom is -0.324 e. The van der Waals surface area contributed by atoms with Crippen molar-refractivity contribution in [3.05, 3.63) is 54.1 Å². The van der Waals surface area contributed by atoms with Gasteiger partial charge in [0.1, 0.15) is 11.5 Å². The minimum absolute atomic E-state index is 0.0439. The summed E-state index contributed by atoms with van der Waals surface area (Å²) >= 11 is 0. The number of nitrogens with zero attached hydrogens (tertiary/aromatic N) is 1. The molecule has 1 saturated carbocycles. The molecule has 0 bridgehead atoms. The number of hydrogen-bond donors (Lipinski definition) is 2. The molecule has 1 aliphatic rings. The minimum atomic E-state index is -0.486. The van der Waals surface area contributed by atoms with E-state index in [0.717, 1.165) is 6.42 Å². The molecule has 1 heterocycles. The third kappa shape index (κ3) is 3.53. The number of rotatable bonds is 4. The Morgan fingerprint density at radius 1 is 1.17 bits per heavy atom. The lowest BCUT2D eigenvalue weighted by molar-refractivity contribution is -0.117. The van der Waals surface area contributed by atoms with Crippen molar-refractivity contribution in [2.45, 2.75) is 13.3 Å². The van der Waals surface area contributed by atoms with Gasteiger partial charge in [0.15, 0.2) is 0 Å². The van der Waals surface area contributed by atoms with Crippen molar-refractivity contribution in [2.24, 2.45) is 11.8 Å². The summed E-state index contributed by atoms with van der Waals surface area (Å²) in [5.41, 5.74) is 0.826. The molecule has 2 aromatic rings. The molecule has 0 spiro atoms. The fourth-order valence-electron chi connectivity index (χ4n) is 2.33. The largest absolute Gasteiger partial charge is 0.324 e. The second-order valence-corrected chi connectivity index (χ2v) is 5.67. The Morgan fingerprint density at radius 3 is 2.61 bits per heavy atom. The number of carbonyl (C=O) groups is 2. The number of anilines is 2. The van der Waals surface area contributed by atoms with Gasteiger partial charge in [-0.25, -0.2) is 4.39 Å². The van der Waals surface area contributed by atoms with E-state index in [1.165, 1.54) is 24.4 Å². The third-order valence-electron chi connectivity index (χ3n) is 3.83. The Morgan fingerprint density at radius 2 is 1.96 bits per heavy atom. The van der Waals surface area contributed by atoms with Crippen LogP contribution in [-0.4, -0.2) is 16.8 Å². The van der Waals surface area contributed by atoms with Gasteiger partial charge in [-0.3, -0.25) is 14.6 Å². The number of benzene rings is 1. The highest BCUT2D eigenvalue weighted by molar-refractivity contribution is 6.06. The van der Waals surface area contributed by atoms with Crippen LogP contribution in [-0.2, 0) is 4.79 Å². The summed E-state index contributed by atoms with van der Waals surface area (Å²) < 4.78 is 13.5. The number of halogens is 1. The number of pyridine rings is 1. The zero-order chi connectivity index (χ0) is 16.4. The van der Waals surface area contributed by atoms with E-state index in [9.17, 15) is 14.0 Å². The Kier molecular flexibility index (Phi) is 4.06. The molecule has 2 N–H and O–H groups in total. The van der Waals surface area contributed by atoms with Crippen LogP contribution in [0.15, 0.2) is 42.6 Å². The van der Waals surface area contributed by atoms with E-state index in [4.69, 9.17) is 0 Å². The van der Waals surface area contributed by atoms with Crippen molar-refractivity contribution in [1.29, 1.82) is 0 Å².